The van der Waals surface area contributed by atoms with E-state index in [-0.39, 0.29) is 0 Å². The molecule has 3 heteroatoms. The maximum Gasteiger partial charge on any atom is 0.153 e. The van der Waals surface area contributed by atoms with Crippen molar-refractivity contribution >= 4 is 17.3 Å². The molecule has 1 aromatic carbocycles. The Morgan fingerprint density at radius 2 is 2.25 bits per heavy atom. The third-order valence-corrected chi connectivity index (χ3v) is 3.69. The Morgan fingerprint density at radius 3 is 2.94 bits per heavy atom. The smallest absolute Gasteiger partial charge is 0.153 e. The highest BCUT2D eigenvalue weighted by Crippen LogP contribution is 2.15. The Hall–Kier alpha value is -0.770. The molecular weight excluding hydrogens is 218 g/mol. The van der Waals surface area contributed by atoms with Gasteiger partial charge in [0.05, 0.1) is 0 Å². The van der Waals surface area contributed by atoms with Crippen molar-refractivity contribution in [2.75, 3.05) is 12.3 Å². The lowest BCUT2D eigenvalue weighted by atomic mass is 10.2. The molecule has 0 aliphatic rings. The summed E-state index contributed by atoms with van der Waals surface area (Å²) in [5, 5.41) is 0. The monoisotopic (exact) mass is 237 g/mol. The maximum atomic E-state index is 11.9. The largest absolute Gasteiger partial charge is 0.611 e. The molecule has 0 aliphatic heterocycles. The molecule has 2 nitrogen and oxygen atoms in total. The van der Waals surface area contributed by atoms with Crippen LogP contribution in [0.3, 0.4) is 0 Å². The zero-order valence-electron chi connectivity index (χ0n) is 9.69. The van der Waals surface area contributed by atoms with Crippen molar-refractivity contribution in [3.05, 3.63) is 35.9 Å². The average Bonchev–Trinajstić information content (AvgIpc) is 2.33. The van der Waals surface area contributed by atoms with Gasteiger partial charge in [-0.2, -0.15) is 0 Å². The first-order valence-electron chi connectivity index (χ1n) is 5.63. The second-order valence-corrected chi connectivity index (χ2v) is 5.18. The molecule has 0 radical (unpaired) electrons. The van der Waals surface area contributed by atoms with Gasteiger partial charge in [0.1, 0.15) is 5.75 Å². The third kappa shape index (κ3) is 4.39. The van der Waals surface area contributed by atoms with E-state index in [0.29, 0.717) is 6.54 Å². The minimum Gasteiger partial charge on any atom is -0.611 e. The predicted molar refractivity (Wildman–Crippen MR) is 70.7 cm³/mol. The summed E-state index contributed by atoms with van der Waals surface area (Å²) in [7, 11) is 0. The first-order valence-corrected chi connectivity index (χ1v) is 6.95. The maximum absolute atomic E-state index is 11.9. The summed E-state index contributed by atoms with van der Waals surface area (Å²) in [5.41, 5.74) is 6.46. The number of unbranched alkanes of at least 4 members (excludes halogenated alkanes) is 1. The number of rotatable bonds is 6. The van der Waals surface area contributed by atoms with Crippen LogP contribution in [0.15, 0.2) is 35.2 Å². The molecule has 1 atom stereocenters. The first kappa shape index (κ1) is 13.3. The van der Waals surface area contributed by atoms with E-state index in [1.807, 2.05) is 36.4 Å². The van der Waals surface area contributed by atoms with Crippen LogP contribution in [0.4, 0.5) is 0 Å². The fourth-order valence-corrected chi connectivity index (χ4v) is 2.64. The average molecular weight is 237 g/mol. The molecule has 0 saturated heterocycles. The van der Waals surface area contributed by atoms with E-state index in [1.165, 1.54) is 0 Å². The molecule has 0 aromatic heterocycles. The van der Waals surface area contributed by atoms with Gasteiger partial charge in [-0.3, -0.25) is 0 Å². The highest BCUT2D eigenvalue weighted by Gasteiger charge is 2.09. The summed E-state index contributed by atoms with van der Waals surface area (Å²) >= 11 is -0.864. The van der Waals surface area contributed by atoms with E-state index in [2.05, 4.69) is 6.92 Å². The van der Waals surface area contributed by atoms with Crippen LogP contribution in [0.2, 0.25) is 0 Å². The van der Waals surface area contributed by atoms with Gasteiger partial charge < -0.3 is 10.3 Å². The highest BCUT2D eigenvalue weighted by molar-refractivity contribution is 7.91. The molecule has 0 heterocycles. The lowest BCUT2D eigenvalue weighted by molar-refractivity contribution is 0.591. The van der Waals surface area contributed by atoms with Gasteiger partial charge in [-0.15, -0.1) is 0 Å². The zero-order chi connectivity index (χ0) is 11.8. The van der Waals surface area contributed by atoms with Gasteiger partial charge in [-0.05, 0) is 29.2 Å². The van der Waals surface area contributed by atoms with Gasteiger partial charge >= 0.3 is 0 Å². The SMILES string of the molecule is CCCC[S+]([O-])c1cccc(C=CCN)c1. The highest BCUT2D eigenvalue weighted by atomic mass is 32.2. The molecule has 2 N–H and O–H groups in total. The van der Waals surface area contributed by atoms with Gasteiger partial charge in [0, 0.05) is 12.6 Å². The molecule has 0 amide bonds. The van der Waals surface area contributed by atoms with Crippen molar-refractivity contribution < 1.29 is 4.55 Å². The fraction of sp³-hybridized carbons (Fsp3) is 0.385. The quantitative estimate of drug-likeness (QED) is 0.773. The second-order valence-electron chi connectivity index (χ2n) is 3.61. The molecule has 0 aliphatic carbocycles. The lowest BCUT2D eigenvalue weighted by Gasteiger charge is -2.10. The topological polar surface area (TPSA) is 49.1 Å². The summed E-state index contributed by atoms with van der Waals surface area (Å²) < 4.78 is 11.9. The predicted octanol–water partition coefficient (Wildman–Crippen LogP) is 2.57. The van der Waals surface area contributed by atoms with Crippen molar-refractivity contribution in [2.45, 2.75) is 24.7 Å². The van der Waals surface area contributed by atoms with Crippen LogP contribution in [0.25, 0.3) is 6.08 Å². The molecule has 0 fully saturated rings. The van der Waals surface area contributed by atoms with Crippen molar-refractivity contribution in [3.8, 4) is 0 Å². The third-order valence-electron chi connectivity index (χ3n) is 2.25. The van der Waals surface area contributed by atoms with Crippen LogP contribution in [0, 0.1) is 0 Å². The van der Waals surface area contributed by atoms with Crippen molar-refractivity contribution in [3.63, 3.8) is 0 Å². The summed E-state index contributed by atoms with van der Waals surface area (Å²) in [6.45, 7) is 2.64. The van der Waals surface area contributed by atoms with E-state index < -0.39 is 11.2 Å². The molecule has 0 spiro atoms. The van der Waals surface area contributed by atoms with E-state index in [9.17, 15) is 4.55 Å². The number of benzene rings is 1. The Morgan fingerprint density at radius 1 is 1.44 bits per heavy atom. The zero-order valence-corrected chi connectivity index (χ0v) is 10.5. The van der Waals surface area contributed by atoms with Crippen LogP contribution in [0.1, 0.15) is 25.3 Å². The summed E-state index contributed by atoms with van der Waals surface area (Å²) in [4.78, 5) is 0.910. The van der Waals surface area contributed by atoms with E-state index in [1.54, 1.807) is 0 Å². The summed E-state index contributed by atoms with van der Waals surface area (Å²) in [6, 6.07) is 7.82. The van der Waals surface area contributed by atoms with Crippen molar-refractivity contribution in [2.24, 2.45) is 5.73 Å². The second kappa shape index (κ2) is 7.49. The first-order chi connectivity index (χ1) is 7.77. The van der Waals surface area contributed by atoms with E-state index in [0.717, 1.165) is 29.1 Å². The van der Waals surface area contributed by atoms with Gasteiger partial charge in [-0.25, -0.2) is 0 Å². The molecule has 0 saturated carbocycles. The molecule has 16 heavy (non-hydrogen) atoms. The van der Waals surface area contributed by atoms with Gasteiger partial charge in [0.25, 0.3) is 0 Å². The number of hydrogen-bond donors (Lipinski definition) is 1. The molecule has 0 bridgehead atoms. The van der Waals surface area contributed by atoms with Crippen LogP contribution in [-0.4, -0.2) is 16.9 Å². The number of hydrogen-bond acceptors (Lipinski definition) is 2. The van der Waals surface area contributed by atoms with E-state index in [4.69, 9.17) is 5.73 Å². The fourth-order valence-electron chi connectivity index (χ4n) is 1.36. The lowest BCUT2D eigenvalue weighted by Crippen LogP contribution is -2.06. The van der Waals surface area contributed by atoms with Crippen LogP contribution < -0.4 is 5.73 Å². The van der Waals surface area contributed by atoms with E-state index >= 15 is 0 Å². The molecular formula is C13H19NOS. The molecule has 88 valence electrons. The summed E-state index contributed by atoms with van der Waals surface area (Å²) in [5.74, 6) is 0.751. The Kier molecular flexibility index (Phi) is 6.23. The molecule has 1 unspecified atom stereocenters. The van der Waals surface area contributed by atoms with Crippen LogP contribution in [-0.2, 0) is 11.2 Å². The number of nitrogens with two attached hydrogens (primary N) is 1. The normalized spacial score (nSPS) is 13.2. The minimum atomic E-state index is -0.864. The Balaban J connectivity index is 2.69. The van der Waals surface area contributed by atoms with Crippen molar-refractivity contribution in [1.29, 1.82) is 0 Å². The Labute approximate surface area is 101 Å². The van der Waals surface area contributed by atoms with Gasteiger partial charge in [0.2, 0.25) is 0 Å². The molecule has 1 rings (SSSR count). The summed E-state index contributed by atoms with van der Waals surface area (Å²) in [6.07, 6.45) is 5.95. The minimum absolute atomic E-state index is 0.531. The van der Waals surface area contributed by atoms with Gasteiger partial charge in [-0.1, -0.05) is 37.6 Å². The Bertz CT molecular complexity index is 338. The standard InChI is InChI=1S/C13H19NOS/c1-2-3-10-16(15)13-8-4-6-12(11-13)7-5-9-14/h4-8,11H,2-3,9-10,14H2,1H3. The molecule has 1 aromatic rings. The van der Waals surface area contributed by atoms with Crippen LogP contribution in [0.5, 0.6) is 0 Å². The van der Waals surface area contributed by atoms with Crippen LogP contribution >= 0.6 is 0 Å². The van der Waals surface area contributed by atoms with Gasteiger partial charge in [0.15, 0.2) is 4.90 Å². The van der Waals surface area contributed by atoms with Crippen molar-refractivity contribution in [1.82, 2.24) is 0 Å².